The summed E-state index contributed by atoms with van der Waals surface area (Å²) < 4.78 is 12.9. The molecule has 1 unspecified atom stereocenters. The van der Waals surface area contributed by atoms with Crippen molar-refractivity contribution in [1.29, 1.82) is 0 Å². The maximum Gasteiger partial charge on any atom is 0.237 e. The summed E-state index contributed by atoms with van der Waals surface area (Å²) in [6.07, 6.45) is -0.196. The van der Waals surface area contributed by atoms with E-state index in [2.05, 4.69) is 5.32 Å². The van der Waals surface area contributed by atoms with Gasteiger partial charge < -0.3 is 4.90 Å². The molecule has 1 atom stereocenters. The van der Waals surface area contributed by atoms with E-state index in [1.165, 1.54) is 12.1 Å². The Morgan fingerprint density at radius 1 is 1.57 bits per heavy atom. The van der Waals surface area contributed by atoms with Crippen LogP contribution in [0.3, 0.4) is 0 Å². The number of benzene rings is 1. The number of likely N-dealkylation sites (N-methyl/N-ethyl adjacent to an activating group) is 1. The molecule has 0 saturated carbocycles. The van der Waals surface area contributed by atoms with Crippen LogP contribution in [0.1, 0.15) is 11.7 Å². The fourth-order valence-corrected chi connectivity index (χ4v) is 1.61. The number of rotatable bonds is 1. The first-order chi connectivity index (χ1) is 6.68. The summed E-state index contributed by atoms with van der Waals surface area (Å²) in [4.78, 5) is 12.8. The Morgan fingerprint density at radius 2 is 2.36 bits per heavy atom. The molecule has 1 aliphatic rings. The zero-order valence-corrected chi connectivity index (χ0v) is 7.83. The van der Waals surface area contributed by atoms with Crippen molar-refractivity contribution in [3.63, 3.8) is 0 Å². The lowest BCUT2D eigenvalue weighted by molar-refractivity contribution is -0.126. The molecule has 74 valence electrons. The quantitative estimate of drug-likeness (QED) is 0.720. The number of amides is 1. The van der Waals surface area contributed by atoms with Crippen LogP contribution < -0.4 is 5.32 Å². The fourth-order valence-electron chi connectivity index (χ4n) is 1.61. The van der Waals surface area contributed by atoms with Crippen LogP contribution in [0, 0.1) is 5.82 Å². The first-order valence-corrected chi connectivity index (χ1v) is 4.43. The molecule has 1 saturated heterocycles. The average molecular weight is 194 g/mol. The number of hydrogen-bond donors (Lipinski definition) is 1. The van der Waals surface area contributed by atoms with E-state index in [4.69, 9.17) is 0 Å². The maximum atomic E-state index is 12.9. The van der Waals surface area contributed by atoms with Crippen LogP contribution in [0.4, 0.5) is 4.39 Å². The molecule has 14 heavy (non-hydrogen) atoms. The van der Waals surface area contributed by atoms with Crippen molar-refractivity contribution in [3.8, 4) is 0 Å². The van der Waals surface area contributed by atoms with Crippen LogP contribution in [-0.2, 0) is 4.79 Å². The highest BCUT2D eigenvalue weighted by Crippen LogP contribution is 2.20. The lowest BCUT2D eigenvalue weighted by Gasteiger charge is -2.19. The fraction of sp³-hybridized carbons (Fsp3) is 0.300. The third kappa shape index (κ3) is 1.48. The van der Waals surface area contributed by atoms with E-state index < -0.39 is 0 Å². The van der Waals surface area contributed by atoms with Gasteiger partial charge in [0, 0.05) is 7.05 Å². The lowest BCUT2D eigenvalue weighted by Crippen LogP contribution is -2.25. The Hall–Kier alpha value is -1.42. The minimum Gasteiger partial charge on any atom is -0.325 e. The normalized spacial score (nSPS) is 21.7. The van der Waals surface area contributed by atoms with Gasteiger partial charge >= 0.3 is 0 Å². The standard InChI is InChI=1S/C10H11FN2O/c1-13-9(14)6-12-10(13)7-3-2-4-8(11)5-7/h2-5,10,12H,6H2,1H3. The predicted octanol–water partition coefficient (Wildman–Crippen LogP) is 0.886. The number of carbonyl (C=O) groups is 1. The highest BCUT2D eigenvalue weighted by Gasteiger charge is 2.28. The smallest absolute Gasteiger partial charge is 0.237 e. The van der Waals surface area contributed by atoms with Crippen LogP contribution >= 0.6 is 0 Å². The van der Waals surface area contributed by atoms with E-state index in [9.17, 15) is 9.18 Å². The van der Waals surface area contributed by atoms with Gasteiger partial charge in [-0.2, -0.15) is 0 Å². The molecule has 1 heterocycles. The molecular weight excluding hydrogens is 183 g/mol. The largest absolute Gasteiger partial charge is 0.325 e. The minimum absolute atomic E-state index is 0.0271. The third-order valence-electron chi connectivity index (χ3n) is 2.39. The molecule has 0 spiro atoms. The number of hydrogen-bond acceptors (Lipinski definition) is 2. The molecule has 2 rings (SSSR count). The molecule has 1 aromatic carbocycles. The van der Waals surface area contributed by atoms with E-state index in [1.807, 2.05) is 0 Å². The van der Waals surface area contributed by atoms with Crippen LogP contribution in [0.15, 0.2) is 24.3 Å². The van der Waals surface area contributed by atoms with Gasteiger partial charge in [-0.05, 0) is 17.7 Å². The SMILES string of the molecule is CN1C(=O)CNC1c1cccc(F)c1. The zero-order valence-electron chi connectivity index (χ0n) is 7.83. The minimum atomic E-state index is -0.281. The summed E-state index contributed by atoms with van der Waals surface area (Å²) >= 11 is 0. The van der Waals surface area contributed by atoms with Crippen molar-refractivity contribution >= 4 is 5.91 Å². The van der Waals surface area contributed by atoms with Gasteiger partial charge in [0.05, 0.1) is 6.54 Å². The van der Waals surface area contributed by atoms with E-state index >= 15 is 0 Å². The first-order valence-electron chi connectivity index (χ1n) is 4.43. The summed E-state index contributed by atoms with van der Waals surface area (Å²) in [6, 6.07) is 6.27. The Kier molecular flexibility index (Phi) is 2.21. The van der Waals surface area contributed by atoms with Crippen LogP contribution in [0.2, 0.25) is 0 Å². The number of nitrogens with one attached hydrogen (secondary N) is 1. The number of halogens is 1. The molecule has 1 N–H and O–H groups in total. The number of carbonyl (C=O) groups excluding carboxylic acids is 1. The highest BCUT2D eigenvalue weighted by molar-refractivity contribution is 5.80. The second kappa shape index (κ2) is 3.38. The van der Waals surface area contributed by atoms with Crippen molar-refractivity contribution in [3.05, 3.63) is 35.6 Å². The molecule has 1 aromatic rings. The summed E-state index contributed by atoms with van der Waals surface area (Å²) in [5, 5.41) is 3.01. The van der Waals surface area contributed by atoms with Gasteiger partial charge in [-0.1, -0.05) is 12.1 Å². The second-order valence-corrected chi connectivity index (χ2v) is 3.34. The summed E-state index contributed by atoms with van der Waals surface area (Å²) in [5.74, 6) is -0.253. The van der Waals surface area contributed by atoms with Gasteiger partial charge in [-0.25, -0.2) is 4.39 Å². The summed E-state index contributed by atoms with van der Waals surface area (Å²) in [5.41, 5.74) is 0.776. The van der Waals surface area contributed by atoms with E-state index in [-0.39, 0.29) is 17.9 Å². The van der Waals surface area contributed by atoms with Crippen molar-refractivity contribution in [1.82, 2.24) is 10.2 Å². The average Bonchev–Trinajstić information content (AvgIpc) is 2.48. The maximum absolute atomic E-state index is 12.9. The molecule has 3 nitrogen and oxygen atoms in total. The molecule has 4 heteroatoms. The first kappa shape index (κ1) is 9.15. The third-order valence-corrected chi connectivity index (χ3v) is 2.39. The second-order valence-electron chi connectivity index (χ2n) is 3.34. The van der Waals surface area contributed by atoms with Crippen molar-refractivity contribution in [2.75, 3.05) is 13.6 Å². The van der Waals surface area contributed by atoms with Gasteiger partial charge in [-0.3, -0.25) is 10.1 Å². The number of nitrogens with zero attached hydrogens (tertiary/aromatic N) is 1. The van der Waals surface area contributed by atoms with Gasteiger partial charge in [-0.15, -0.1) is 0 Å². The van der Waals surface area contributed by atoms with Crippen LogP contribution in [-0.4, -0.2) is 24.4 Å². The molecule has 0 bridgehead atoms. The van der Waals surface area contributed by atoms with Crippen LogP contribution in [0.5, 0.6) is 0 Å². The van der Waals surface area contributed by atoms with Gasteiger partial charge in [0.25, 0.3) is 0 Å². The zero-order chi connectivity index (χ0) is 10.1. The topological polar surface area (TPSA) is 32.3 Å². The molecule has 1 fully saturated rings. The van der Waals surface area contributed by atoms with E-state index in [1.54, 1.807) is 24.1 Å². The predicted molar refractivity (Wildman–Crippen MR) is 49.9 cm³/mol. The Bertz CT molecular complexity index is 367. The lowest BCUT2D eigenvalue weighted by atomic mass is 10.1. The summed E-state index contributed by atoms with van der Waals surface area (Å²) in [7, 11) is 1.71. The van der Waals surface area contributed by atoms with Crippen molar-refractivity contribution in [2.45, 2.75) is 6.17 Å². The Labute approximate surface area is 81.5 Å². The summed E-state index contributed by atoms with van der Waals surface area (Å²) in [6.45, 7) is 0.317. The van der Waals surface area contributed by atoms with Crippen molar-refractivity contribution < 1.29 is 9.18 Å². The van der Waals surface area contributed by atoms with E-state index in [0.717, 1.165) is 5.56 Å². The molecule has 0 aliphatic carbocycles. The molecule has 1 aliphatic heterocycles. The highest BCUT2D eigenvalue weighted by atomic mass is 19.1. The van der Waals surface area contributed by atoms with Gasteiger partial charge in [0.2, 0.25) is 5.91 Å². The van der Waals surface area contributed by atoms with Crippen molar-refractivity contribution in [2.24, 2.45) is 0 Å². The van der Waals surface area contributed by atoms with E-state index in [0.29, 0.717) is 6.54 Å². The molecule has 1 amide bonds. The monoisotopic (exact) mass is 194 g/mol. The van der Waals surface area contributed by atoms with Crippen LogP contribution in [0.25, 0.3) is 0 Å². The van der Waals surface area contributed by atoms with Gasteiger partial charge in [0.1, 0.15) is 12.0 Å². The molecule has 0 radical (unpaired) electrons. The molecule has 0 aromatic heterocycles. The molecular formula is C10H11FN2O. The van der Waals surface area contributed by atoms with Gasteiger partial charge in [0.15, 0.2) is 0 Å². The Balaban J connectivity index is 2.28. The Morgan fingerprint density at radius 3 is 2.93 bits per heavy atom.